The van der Waals surface area contributed by atoms with Crippen molar-refractivity contribution < 1.29 is 14.3 Å². The molecular formula is C20H23ClN2O3. The van der Waals surface area contributed by atoms with Crippen molar-refractivity contribution in [3.63, 3.8) is 0 Å². The molecule has 4 rings (SSSR count). The zero-order chi connectivity index (χ0) is 18.3. The Morgan fingerprint density at radius 1 is 1.42 bits per heavy atom. The monoisotopic (exact) mass is 374 g/mol. The molecule has 138 valence electrons. The Labute approximate surface area is 158 Å². The molecule has 1 spiro atoms. The van der Waals surface area contributed by atoms with E-state index in [1.54, 1.807) is 4.90 Å². The van der Waals surface area contributed by atoms with Gasteiger partial charge in [-0.3, -0.25) is 9.59 Å². The molecule has 26 heavy (non-hydrogen) atoms. The molecule has 1 N–H and O–H groups in total. The minimum absolute atomic E-state index is 0.0209. The molecule has 4 atom stereocenters. The molecule has 0 radical (unpaired) electrons. The number of hydrogen-bond acceptors (Lipinski definition) is 3. The molecular weight excluding hydrogens is 352 g/mol. The lowest BCUT2D eigenvalue weighted by atomic mass is 9.77. The molecule has 2 saturated heterocycles. The Bertz CT molecular complexity index is 765. The number of nitrogens with zero attached hydrogens (tertiary/aromatic N) is 1. The summed E-state index contributed by atoms with van der Waals surface area (Å²) >= 11 is 6.25. The van der Waals surface area contributed by atoms with E-state index >= 15 is 0 Å². The van der Waals surface area contributed by atoms with Crippen molar-refractivity contribution in [1.82, 2.24) is 10.2 Å². The van der Waals surface area contributed by atoms with E-state index in [2.05, 4.69) is 12.2 Å². The van der Waals surface area contributed by atoms with E-state index in [4.69, 9.17) is 16.3 Å². The smallest absolute Gasteiger partial charge is 0.230 e. The van der Waals surface area contributed by atoms with E-state index in [9.17, 15) is 9.59 Å². The second-order valence-corrected chi connectivity index (χ2v) is 7.74. The van der Waals surface area contributed by atoms with E-state index in [-0.39, 0.29) is 17.9 Å². The Morgan fingerprint density at radius 2 is 2.23 bits per heavy atom. The summed E-state index contributed by atoms with van der Waals surface area (Å²) in [7, 11) is 0. The lowest BCUT2D eigenvalue weighted by molar-refractivity contribution is -0.137. The van der Waals surface area contributed by atoms with Crippen molar-refractivity contribution in [2.75, 3.05) is 13.1 Å². The second kappa shape index (κ2) is 6.71. The standard InChI is InChI=1S/C20H23ClN2O3/c1-2-3-10-22-18(24)16-15-8-9-20(26-15)12-23(19(25)17(16)20)11-13-6-4-5-7-14(13)21/h4-9,15-17H,2-3,10-12H2,1H3,(H,22,24)/t15-,16?,17-,20?/m1/s1. The van der Waals surface area contributed by atoms with Crippen LogP contribution in [0, 0.1) is 11.8 Å². The summed E-state index contributed by atoms with van der Waals surface area (Å²) in [6.45, 7) is 3.62. The molecule has 2 bridgehead atoms. The van der Waals surface area contributed by atoms with Gasteiger partial charge in [0.2, 0.25) is 11.8 Å². The minimum atomic E-state index is -0.671. The number of hydrogen-bond donors (Lipinski definition) is 1. The van der Waals surface area contributed by atoms with E-state index in [0.29, 0.717) is 24.7 Å². The highest BCUT2D eigenvalue weighted by Gasteiger charge is 2.66. The van der Waals surface area contributed by atoms with Gasteiger partial charge in [0.15, 0.2) is 0 Å². The molecule has 3 aliphatic rings. The largest absolute Gasteiger partial charge is 0.360 e. The van der Waals surface area contributed by atoms with Crippen LogP contribution < -0.4 is 5.32 Å². The number of rotatable bonds is 6. The number of amides is 2. The quantitative estimate of drug-likeness (QED) is 0.615. The van der Waals surface area contributed by atoms with E-state index in [1.807, 2.05) is 36.4 Å². The van der Waals surface area contributed by atoms with Gasteiger partial charge in [-0.25, -0.2) is 0 Å². The van der Waals surface area contributed by atoms with Crippen LogP contribution >= 0.6 is 11.6 Å². The van der Waals surface area contributed by atoms with E-state index < -0.39 is 17.4 Å². The predicted octanol–water partition coefficient (Wildman–Crippen LogP) is 2.54. The lowest BCUT2D eigenvalue weighted by Gasteiger charge is -2.23. The van der Waals surface area contributed by atoms with Gasteiger partial charge in [-0.1, -0.05) is 55.3 Å². The normalized spacial score (nSPS) is 31.5. The fourth-order valence-electron chi connectivity index (χ4n) is 4.35. The van der Waals surface area contributed by atoms with E-state index in [0.717, 1.165) is 18.4 Å². The number of ether oxygens (including phenoxy) is 1. The van der Waals surface area contributed by atoms with Gasteiger partial charge in [0.1, 0.15) is 5.60 Å². The fraction of sp³-hybridized carbons (Fsp3) is 0.500. The van der Waals surface area contributed by atoms with Crippen molar-refractivity contribution in [3.8, 4) is 0 Å². The van der Waals surface area contributed by atoms with Gasteiger partial charge in [0, 0.05) is 18.1 Å². The Hall–Kier alpha value is -1.85. The van der Waals surface area contributed by atoms with Gasteiger partial charge < -0.3 is 15.0 Å². The lowest BCUT2D eigenvalue weighted by Crippen LogP contribution is -2.44. The molecule has 0 saturated carbocycles. The van der Waals surface area contributed by atoms with Crippen molar-refractivity contribution in [3.05, 3.63) is 47.0 Å². The maximum absolute atomic E-state index is 13.1. The Morgan fingerprint density at radius 3 is 3.00 bits per heavy atom. The molecule has 1 aromatic carbocycles. The van der Waals surface area contributed by atoms with Crippen molar-refractivity contribution in [2.24, 2.45) is 11.8 Å². The zero-order valence-corrected chi connectivity index (χ0v) is 15.5. The summed E-state index contributed by atoms with van der Waals surface area (Å²) in [5.74, 6) is -0.984. The van der Waals surface area contributed by atoms with Crippen molar-refractivity contribution >= 4 is 23.4 Å². The van der Waals surface area contributed by atoms with Gasteiger partial charge in [0.05, 0.1) is 24.5 Å². The Kier molecular flexibility index (Phi) is 4.53. The fourth-order valence-corrected chi connectivity index (χ4v) is 4.55. The molecule has 2 amide bonds. The van der Waals surface area contributed by atoms with Crippen LogP contribution in [0.3, 0.4) is 0 Å². The van der Waals surface area contributed by atoms with Crippen molar-refractivity contribution in [2.45, 2.75) is 38.0 Å². The average molecular weight is 375 g/mol. The summed E-state index contributed by atoms with van der Waals surface area (Å²) in [4.78, 5) is 27.6. The third-order valence-electron chi connectivity index (χ3n) is 5.63. The summed E-state index contributed by atoms with van der Waals surface area (Å²) < 4.78 is 6.13. The molecule has 5 nitrogen and oxygen atoms in total. The molecule has 3 aliphatic heterocycles. The zero-order valence-electron chi connectivity index (χ0n) is 14.8. The maximum atomic E-state index is 13.1. The number of nitrogens with one attached hydrogen (secondary N) is 1. The van der Waals surface area contributed by atoms with E-state index in [1.165, 1.54) is 0 Å². The summed E-state index contributed by atoms with van der Waals surface area (Å²) in [5, 5.41) is 3.61. The highest BCUT2D eigenvalue weighted by molar-refractivity contribution is 6.31. The van der Waals surface area contributed by atoms with Crippen LogP contribution in [0.2, 0.25) is 5.02 Å². The van der Waals surface area contributed by atoms with Gasteiger partial charge in [-0.05, 0) is 18.1 Å². The van der Waals surface area contributed by atoms with Gasteiger partial charge in [-0.2, -0.15) is 0 Å². The first-order valence-corrected chi connectivity index (χ1v) is 9.60. The molecule has 2 fully saturated rings. The number of benzene rings is 1. The summed E-state index contributed by atoms with van der Waals surface area (Å²) in [6, 6.07) is 7.52. The first kappa shape index (κ1) is 17.6. The van der Waals surface area contributed by atoms with Crippen molar-refractivity contribution in [1.29, 1.82) is 0 Å². The number of carbonyl (C=O) groups excluding carboxylic acids is 2. The van der Waals surface area contributed by atoms with Crippen LogP contribution in [-0.2, 0) is 20.9 Å². The number of likely N-dealkylation sites (tertiary alicyclic amines) is 1. The molecule has 2 unspecified atom stereocenters. The number of fused-ring (bicyclic) bond motifs is 1. The molecule has 1 aromatic rings. The predicted molar refractivity (Wildman–Crippen MR) is 98.5 cm³/mol. The van der Waals surface area contributed by atoms with Crippen LogP contribution in [0.15, 0.2) is 36.4 Å². The Balaban J connectivity index is 1.53. The molecule has 0 aromatic heterocycles. The van der Waals surface area contributed by atoms with Crippen LogP contribution in [0.25, 0.3) is 0 Å². The summed E-state index contributed by atoms with van der Waals surface area (Å²) in [6.07, 6.45) is 5.56. The first-order valence-electron chi connectivity index (χ1n) is 9.23. The van der Waals surface area contributed by atoms with Crippen LogP contribution in [0.4, 0.5) is 0 Å². The molecule has 3 heterocycles. The summed E-state index contributed by atoms with van der Waals surface area (Å²) in [5.41, 5.74) is 0.233. The second-order valence-electron chi connectivity index (χ2n) is 7.33. The third-order valence-corrected chi connectivity index (χ3v) is 6.00. The maximum Gasteiger partial charge on any atom is 0.230 e. The number of carbonyl (C=O) groups is 2. The topological polar surface area (TPSA) is 58.6 Å². The number of halogens is 1. The SMILES string of the molecule is CCCCNC(=O)C1[C@H]2C=CC3(CN(Cc4ccccc4Cl)C(=O)[C@@H]13)O2. The average Bonchev–Trinajstić information content (AvgIpc) is 3.26. The third kappa shape index (κ3) is 2.74. The minimum Gasteiger partial charge on any atom is -0.360 e. The van der Waals surface area contributed by atoms with Gasteiger partial charge >= 0.3 is 0 Å². The van der Waals surface area contributed by atoms with Crippen LogP contribution in [-0.4, -0.2) is 41.5 Å². The van der Waals surface area contributed by atoms with Crippen LogP contribution in [0.1, 0.15) is 25.3 Å². The number of unbranched alkanes of at least 4 members (excludes halogenated alkanes) is 1. The molecule has 0 aliphatic carbocycles. The molecule has 6 heteroatoms. The van der Waals surface area contributed by atoms with Gasteiger partial charge in [0.25, 0.3) is 0 Å². The highest BCUT2D eigenvalue weighted by Crippen LogP contribution is 2.52. The van der Waals surface area contributed by atoms with Crippen LogP contribution in [0.5, 0.6) is 0 Å². The van der Waals surface area contributed by atoms with Gasteiger partial charge in [-0.15, -0.1) is 0 Å². The highest BCUT2D eigenvalue weighted by atomic mass is 35.5. The first-order chi connectivity index (χ1) is 12.6.